The predicted octanol–water partition coefficient (Wildman–Crippen LogP) is 5.27. The van der Waals surface area contributed by atoms with Crippen molar-refractivity contribution < 1.29 is 22.7 Å². The molecule has 38 heavy (non-hydrogen) atoms. The molecule has 0 heterocycles. The fraction of sp³-hybridized carbons (Fsp3) is 0.481. The first-order chi connectivity index (χ1) is 18.0. The molecule has 0 saturated carbocycles. The zero-order chi connectivity index (χ0) is 28.3. The fourth-order valence-electron chi connectivity index (χ4n) is 3.90. The van der Waals surface area contributed by atoms with Gasteiger partial charge < -0.3 is 15.0 Å². The van der Waals surface area contributed by atoms with Crippen LogP contribution in [0.5, 0.6) is 5.75 Å². The smallest absolute Gasteiger partial charge is 0.242 e. The van der Waals surface area contributed by atoms with Crippen molar-refractivity contribution in [2.24, 2.45) is 0 Å². The average molecular weight is 587 g/mol. The van der Waals surface area contributed by atoms with Gasteiger partial charge in [0.05, 0.1) is 18.6 Å². The van der Waals surface area contributed by atoms with E-state index in [0.717, 1.165) is 19.1 Å². The Labute approximate surface area is 236 Å². The van der Waals surface area contributed by atoms with Crippen molar-refractivity contribution in [1.29, 1.82) is 0 Å². The van der Waals surface area contributed by atoms with Gasteiger partial charge in [0.1, 0.15) is 11.8 Å². The van der Waals surface area contributed by atoms with Gasteiger partial charge >= 0.3 is 0 Å². The highest BCUT2D eigenvalue weighted by molar-refractivity contribution is 7.92. The lowest BCUT2D eigenvalue weighted by Crippen LogP contribution is -2.48. The summed E-state index contributed by atoms with van der Waals surface area (Å²) in [5, 5.41) is 3.65. The first-order valence-electron chi connectivity index (χ1n) is 12.7. The third-order valence-corrected chi connectivity index (χ3v) is 7.86. The number of ether oxygens (including phenoxy) is 1. The van der Waals surface area contributed by atoms with Crippen LogP contribution in [0.15, 0.2) is 42.5 Å². The van der Waals surface area contributed by atoms with Gasteiger partial charge in [-0.3, -0.25) is 13.9 Å². The summed E-state index contributed by atoms with van der Waals surface area (Å²) in [4.78, 5) is 27.7. The number of hydrogen-bond donors (Lipinski definition) is 1. The maximum Gasteiger partial charge on any atom is 0.242 e. The highest BCUT2D eigenvalue weighted by Gasteiger charge is 2.28. The Balaban J connectivity index is 2.24. The number of halogens is 2. The van der Waals surface area contributed by atoms with E-state index >= 15 is 0 Å². The average Bonchev–Trinajstić information content (AvgIpc) is 2.86. The van der Waals surface area contributed by atoms with Gasteiger partial charge in [-0.25, -0.2) is 8.42 Å². The van der Waals surface area contributed by atoms with Gasteiger partial charge in [-0.2, -0.15) is 0 Å². The predicted molar refractivity (Wildman–Crippen MR) is 153 cm³/mol. The number of amides is 2. The summed E-state index contributed by atoms with van der Waals surface area (Å²) in [6.07, 6.45) is 3.11. The van der Waals surface area contributed by atoms with Crippen molar-refractivity contribution in [2.45, 2.75) is 59.0 Å². The maximum atomic E-state index is 13.5. The van der Waals surface area contributed by atoms with Crippen LogP contribution >= 0.6 is 23.2 Å². The van der Waals surface area contributed by atoms with Gasteiger partial charge in [-0.15, -0.1) is 0 Å². The molecule has 0 spiro atoms. The number of benzene rings is 2. The molecule has 0 aromatic heterocycles. The van der Waals surface area contributed by atoms with E-state index in [1.165, 1.54) is 9.21 Å². The molecular weight excluding hydrogens is 549 g/mol. The number of hydrogen-bond acceptors (Lipinski definition) is 5. The number of carbonyl (C=O) groups is 2. The third-order valence-electron chi connectivity index (χ3n) is 5.97. The monoisotopic (exact) mass is 585 g/mol. The first kappa shape index (κ1) is 31.7. The number of nitrogens with one attached hydrogen (secondary N) is 1. The molecule has 1 atom stereocenters. The summed E-state index contributed by atoms with van der Waals surface area (Å²) < 4.78 is 32.1. The van der Waals surface area contributed by atoms with Crippen molar-refractivity contribution in [3.05, 3.63) is 58.1 Å². The lowest BCUT2D eigenvalue weighted by Gasteiger charge is -2.30. The minimum atomic E-state index is -3.65. The van der Waals surface area contributed by atoms with Crippen molar-refractivity contribution in [3.63, 3.8) is 0 Å². The molecule has 0 aliphatic carbocycles. The summed E-state index contributed by atoms with van der Waals surface area (Å²) >= 11 is 12.7. The number of rotatable bonds is 15. The molecule has 2 aromatic carbocycles. The molecule has 0 aliphatic heterocycles. The Morgan fingerprint density at radius 2 is 1.68 bits per heavy atom. The van der Waals surface area contributed by atoms with Gasteiger partial charge in [0, 0.05) is 41.7 Å². The number of carbonyl (C=O) groups excluding carboxylic acids is 2. The quantitative estimate of drug-likeness (QED) is 0.287. The molecule has 0 aliphatic rings. The minimum Gasteiger partial charge on any atom is -0.492 e. The Kier molecular flexibility index (Phi) is 12.7. The summed E-state index contributed by atoms with van der Waals surface area (Å²) in [6, 6.07) is 11.2. The molecule has 2 amide bonds. The number of nitrogens with zero attached hydrogens (tertiary/aromatic N) is 2. The first-order valence-corrected chi connectivity index (χ1v) is 15.3. The van der Waals surface area contributed by atoms with E-state index in [4.69, 9.17) is 27.9 Å². The van der Waals surface area contributed by atoms with Crippen LogP contribution in [0.2, 0.25) is 10.0 Å². The minimum absolute atomic E-state index is 0.0114. The van der Waals surface area contributed by atoms with E-state index in [-0.39, 0.29) is 37.7 Å². The van der Waals surface area contributed by atoms with Gasteiger partial charge in [-0.1, -0.05) is 54.7 Å². The van der Waals surface area contributed by atoms with Gasteiger partial charge in [0.25, 0.3) is 0 Å². The number of sulfonamides is 1. The highest BCUT2D eigenvalue weighted by Crippen LogP contribution is 2.31. The Morgan fingerprint density at radius 3 is 2.29 bits per heavy atom. The normalized spacial score (nSPS) is 12.1. The highest BCUT2D eigenvalue weighted by atomic mass is 35.5. The summed E-state index contributed by atoms with van der Waals surface area (Å²) in [7, 11) is -3.65. The van der Waals surface area contributed by atoms with Crippen LogP contribution in [0.4, 0.5) is 5.69 Å². The van der Waals surface area contributed by atoms with E-state index in [1.54, 1.807) is 49.4 Å². The van der Waals surface area contributed by atoms with E-state index in [0.29, 0.717) is 40.2 Å². The molecule has 0 bridgehead atoms. The van der Waals surface area contributed by atoms with Crippen LogP contribution in [0.25, 0.3) is 0 Å². The van der Waals surface area contributed by atoms with Gasteiger partial charge in [0.2, 0.25) is 21.8 Å². The lowest BCUT2D eigenvalue weighted by atomic mass is 10.1. The topological polar surface area (TPSA) is 96.0 Å². The third kappa shape index (κ3) is 9.06. The molecule has 1 N–H and O–H groups in total. The molecule has 2 aromatic rings. The summed E-state index contributed by atoms with van der Waals surface area (Å²) in [5.74, 6) is -0.150. The van der Waals surface area contributed by atoms with E-state index < -0.39 is 16.1 Å². The fourth-order valence-corrected chi connectivity index (χ4v) is 5.38. The zero-order valence-corrected chi connectivity index (χ0v) is 24.7. The summed E-state index contributed by atoms with van der Waals surface area (Å²) in [5.41, 5.74) is 0.952. The Morgan fingerprint density at radius 1 is 1.03 bits per heavy atom. The van der Waals surface area contributed by atoms with Crippen molar-refractivity contribution in [1.82, 2.24) is 10.2 Å². The second kappa shape index (κ2) is 15.2. The molecule has 2 rings (SSSR count). The molecule has 0 saturated heterocycles. The number of anilines is 1. The van der Waals surface area contributed by atoms with Crippen LogP contribution in [0.3, 0.4) is 0 Å². The number of unbranched alkanes of at least 4 members (excludes halogenated alkanes) is 1. The maximum absolute atomic E-state index is 13.5. The molecule has 8 nitrogen and oxygen atoms in total. The van der Waals surface area contributed by atoms with Crippen molar-refractivity contribution in [2.75, 3.05) is 30.3 Å². The standard InChI is InChI=1S/C27H37Cl2N3O5S/c1-5-7-17-30-27(34)20(3)31(19-21-22(28)12-10-13-23(21)29)26(33)16-11-18-32(38(4,35)36)24-14-8-9-15-25(24)37-6-2/h8-10,12-15,20H,5-7,11,16-19H2,1-4H3,(H,30,34)/t20-/m1/s1. The van der Waals surface area contributed by atoms with Gasteiger partial charge in [-0.05, 0) is 51.0 Å². The molecule has 0 fully saturated rings. The van der Waals surface area contributed by atoms with Crippen LogP contribution < -0.4 is 14.4 Å². The van der Waals surface area contributed by atoms with Crippen LogP contribution in [-0.2, 0) is 26.2 Å². The second-order valence-electron chi connectivity index (χ2n) is 8.88. The van der Waals surface area contributed by atoms with E-state index in [1.807, 2.05) is 13.8 Å². The molecule has 210 valence electrons. The van der Waals surface area contributed by atoms with Crippen LogP contribution in [-0.4, -0.2) is 57.1 Å². The van der Waals surface area contributed by atoms with E-state index in [2.05, 4.69) is 5.32 Å². The summed E-state index contributed by atoms with van der Waals surface area (Å²) in [6.45, 7) is 6.50. The molecular formula is C27H37Cl2N3O5S. The van der Waals surface area contributed by atoms with Crippen molar-refractivity contribution >= 4 is 50.7 Å². The number of para-hydroxylation sites is 2. The SMILES string of the molecule is CCCCNC(=O)[C@@H](C)N(Cc1c(Cl)cccc1Cl)C(=O)CCCN(c1ccccc1OCC)S(C)(=O)=O. The zero-order valence-electron chi connectivity index (χ0n) is 22.4. The second-order valence-corrected chi connectivity index (χ2v) is 11.6. The van der Waals surface area contributed by atoms with Crippen molar-refractivity contribution in [3.8, 4) is 5.75 Å². The van der Waals surface area contributed by atoms with Crippen LogP contribution in [0, 0.1) is 0 Å². The Bertz CT molecular complexity index is 1170. The molecule has 0 radical (unpaired) electrons. The van der Waals surface area contributed by atoms with E-state index in [9.17, 15) is 18.0 Å². The van der Waals surface area contributed by atoms with Crippen LogP contribution in [0.1, 0.15) is 52.0 Å². The lowest BCUT2D eigenvalue weighted by molar-refractivity contribution is -0.140. The largest absolute Gasteiger partial charge is 0.492 e. The Hall–Kier alpha value is -2.49. The molecule has 11 heteroatoms. The van der Waals surface area contributed by atoms with Gasteiger partial charge in [0.15, 0.2) is 0 Å². The molecule has 0 unspecified atom stereocenters.